The molecular weight excluding hydrogens is 392 g/mol. The number of thioether (sulfide) groups is 1. The maximum Gasteiger partial charge on any atom is 0.242 e. The monoisotopic (exact) mass is 418 g/mol. The minimum Gasteiger partial charge on any atom is -0.357 e. The van der Waals surface area contributed by atoms with E-state index in [2.05, 4.69) is 5.32 Å². The molecule has 1 atom stereocenters. The largest absolute Gasteiger partial charge is 0.357 e. The van der Waals surface area contributed by atoms with Crippen molar-refractivity contribution in [3.8, 4) is 0 Å². The third-order valence-electron chi connectivity index (χ3n) is 4.52. The van der Waals surface area contributed by atoms with Gasteiger partial charge in [0.2, 0.25) is 11.8 Å². The Morgan fingerprint density at radius 3 is 2.43 bits per heavy atom. The van der Waals surface area contributed by atoms with E-state index < -0.39 is 6.04 Å². The van der Waals surface area contributed by atoms with E-state index in [0.29, 0.717) is 13.0 Å². The maximum absolute atomic E-state index is 12.8. The van der Waals surface area contributed by atoms with E-state index in [1.165, 1.54) is 0 Å². The molecule has 4 nitrogen and oxygen atoms in total. The van der Waals surface area contributed by atoms with Gasteiger partial charge in [0.1, 0.15) is 6.04 Å². The highest BCUT2D eigenvalue weighted by Crippen LogP contribution is 2.21. The first-order chi connectivity index (χ1) is 13.5. The molecule has 2 amide bonds. The van der Waals surface area contributed by atoms with Gasteiger partial charge in [-0.3, -0.25) is 9.59 Å². The van der Waals surface area contributed by atoms with Crippen molar-refractivity contribution in [1.29, 1.82) is 0 Å². The number of hydrogen-bond acceptors (Lipinski definition) is 3. The van der Waals surface area contributed by atoms with Crippen molar-refractivity contribution in [3.05, 3.63) is 65.2 Å². The van der Waals surface area contributed by atoms with Gasteiger partial charge in [-0.15, -0.1) is 11.8 Å². The summed E-state index contributed by atoms with van der Waals surface area (Å²) in [4.78, 5) is 27.7. The lowest BCUT2D eigenvalue weighted by Gasteiger charge is -2.28. The summed E-state index contributed by atoms with van der Waals surface area (Å²) in [5.74, 6) is 0.717. The van der Waals surface area contributed by atoms with Crippen molar-refractivity contribution >= 4 is 35.2 Å². The fraction of sp³-hybridized carbons (Fsp3) is 0.364. The average Bonchev–Trinajstić information content (AvgIpc) is 2.72. The van der Waals surface area contributed by atoms with Crippen molar-refractivity contribution in [2.45, 2.75) is 37.1 Å². The number of likely N-dealkylation sites (N-methyl/N-ethyl adjacent to an activating group) is 1. The number of halogens is 1. The van der Waals surface area contributed by atoms with Gasteiger partial charge in [-0.2, -0.15) is 0 Å². The van der Waals surface area contributed by atoms with Crippen LogP contribution in [0.25, 0.3) is 0 Å². The normalized spacial score (nSPS) is 11.7. The minimum atomic E-state index is -0.481. The van der Waals surface area contributed by atoms with Gasteiger partial charge in [-0.1, -0.05) is 41.9 Å². The summed E-state index contributed by atoms with van der Waals surface area (Å²) >= 11 is 7.60. The third-order valence-corrected chi connectivity index (χ3v) is 5.87. The highest BCUT2D eigenvalue weighted by Gasteiger charge is 2.24. The number of rotatable bonds is 10. The Bertz CT molecular complexity index is 753. The predicted octanol–water partition coefficient (Wildman–Crippen LogP) is 4.42. The van der Waals surface area contributed by atoms with Crippen LogP contribution in [-0.2, 0) is 16.0 Å². The van der Waals surface area contributed by atoms with E-state index in [1.54, 1.807) is 30.6 Å². The standard InChI is InChI=1S/C22H27ClN2O2S/c1-17(22(27)24-2)25(15-14-18-7-4-3-5-8-18)21(26)9-6-16-28-20-12-10-19(23)11-13-20/h3-5,7-8,10-13,17H,6,9,14-16H2,1-2H3,(H,24,27)/t17-/m1/s1. The van der Waals surface area contributed by atoms with Crippen LogP contribution in [0.1, 0.15) is 25.3 Å². The summed E-state index contributed by atoms with van der Waals surface area (Å²) < 4.78 is 0. The Kier molecular flexibility index (Phi) is 9.38. The molecule has 1 N–H and O–H groups in total. The lowest BCUT2D eigenvalue weighted by molar-refractivity contribution is -0.139. The first kappa shape index (κ1) is 22.3. The lowest BCUT2D eigenvalue weighted by Crippen LogP contribution is -2.48. The Balaban J connectivity index is 1.88. The second-order valence-electron chi connectivity index (χ2n) is 6.52. The van der Waals surface area contributed by atoms with Crippen molar-refractivity contribution in [1.82, 2.24) is 10.2 Å². The van der Waals surface area contributed by atoms with Crippen molar-refractivity contribution in [2.24, 2.45) is 0 Å². The predicted molar refractivity (Wildman–Crippen MR) is 117 cm³/mol. The first-order valence-electron chi connectivity index (χ1n) is 9.44. The van der Waals surface area contributed by atoms with E-state index in [4.69, 9.17) is 11.6 Å². The van der Waals surface area contributed by atoms with Crippen LogP contribution in [0.5, 0.6) is 0 Å². The second kappa shape index (κ2) is 11.8. The van der Waals surface area contributed by atoms with Gasteiger partial charge in [-0.25, -0.2) is 0 Å². The molecule has 0 aliphatic heterocycles. The summed E-state index contributed by atoms with van der Waals surface area (Å²) in [6, 6.07) is 17.2. The molecule has 150 valence electrons. The van der Waals surface area contributed by atoms with E-state index >= 15 is 0 Å². The van der Waals surface area contributed by atoms with Crippen molar-refractivity contribution in [2.75, 3.05) is 19.3 Å². The van der Waals surface area contributed by atoms with Gasteiger partial charge >= 0.3 is 0 Å². The number of nitrogens with zero attached hydrogens (tertiary/aromatic N) is 1. The highest BCUT2D eigenvalue weighted by atomic mass is 35.5. The summed E-state index contributed by atoms with van der Waals surface area (Å²) in [6.45, 7) is 2.31. The molecule has 2 aromatic rings. The second-order valence-corrected chi connectivity index (χ2v) is 8.12. The van der Waals surface area contributed by atoms with Gasteiger partial charge in [-0.05, 0) is 55.3 Å². The van der Waals surface area contributed by atoms with E-state index in [0.717, 1.165) is 34.1 Å². The molecular formula is C22H27ClN2O2S. The van der Waals surface area contributed by atoms with Gasteiger partial charge in [0.25, 0.3) is 0 Å². The molecule has 0 aromatic heterocycles. The number of amides is 2. The van der Waals surface area contributed by atoms with Gasteiger partial charge < -0.3 is 10.2 Å². The Hall–Kier alpha value is -1.98. The van der Waals surface area contributed by atoms with Crippen LogP contribution >= 0.6 is 23.4 Å². The van der Waals surface area contributed by atoms with Gasteiger partial charge in [0, 0.05) is 29.9 Å². The van der Waals surface area contributed by atoms with Crippen LogP contribution in [0.15, 0.2) is 59.5 Å². The van der Waals surface area contributed by atoms with Crippen molar-refractivity contribution < 1.29 is 9.59 Å². The average molecular weight is 419 g/mol. The number of carbonyl (C=O) groups excluding carboxylic acids is 2. The zero-order chi connectivity index (χ0) is 20.4. The molecule has 0 aliphatic rings. The molecule has 6 heteroatoms. The highest BCUT2D eigenvalue weighted by molar-refractivity contribution is 7.99. The quantitative estimate of drug-likeness (QED) is 0.459. The molecule has 2 rings (SSSR count). The fourth-order valence-electron chi connectivity index (χ4n) is 2.87. The zero-order valence-electron chi connectivity index (χ0n) is 16.4. The lowest BCUT2D eigenvalue weighted by atomic mass is 10.1. The molecule has 2 aromatic carbocycles. The van der Waals surface area contributed by atoms with Crippen LogP contribution in [0, 0.1) is 0 Å². The maximum atomic E-state index is 12.8. The molecule has 0 heterocycles. The molecule has 0 unspecified atom stereocenters. The van der Waals surface area contributed by atoms with Crippen LogP contribution in [0.3, 0.4) is 0 Å². The van der Waals surface area contributed by atoms with Crippen molar-refractivity contribution in [3.63, 3.8) is 0 Å². The Labute approximate surface area is 176 Å². The minimum absolute atomic E-state index is 0.0173. The smallest absolute Gasteiger partial charge is 0.242 e. The molecule has 28 heavy (non-hydrogen) atoms. The van der Waals surface area contributed by atoms with E-state index in [1.807, 2.05) is 54.6 Å². The topological polar surface area (TPSA) is 49.4 Å². The van der Waals surface area contributed by atoms with Crippen LogP contribution in [0.2, 0.25) is 5.02 Å². The third kappa shape index (κ3) is 7.21. The molecule has 0 radical (unpaired) electrons. The van der Waals surface area contributed by atoms with Crippen LogP contribution < -0.4 is 5.32 Å². The van der Waals surface area contributed by atoms with Crippen LogP contribution in [0.4, 0.5) is 0 Å². The number of carbonyl (C=O) groups is 2. The summed E-state index contributed by atoms with van der Waals surface area (Å²) in [5.41, 5.74) is 1.16. The molecule has 0 fully saturated rings. The van der Waals surface area contributed by atoms with E-state index in [-0.39, 0.29) is 11.8 Å². The number of nitrogens with one attached hydrogen (secondary N) is 1. The molecule has 0 spiro atoms. The Morgan fingerprint density at radius 2 is 1.79 bits per heavy atom. The van der Waals surface area contributed by atoms with Crippen LogP contribution in [-0.4, -0.2) is 42.1 Å². The molecule has 0 aliphatic carbocycles. The molecule has 0 saturated heterocycles. The SMILES string of the molecule is CNC(=O)[C@@H](C)N(CCc1ccccc1)C(=O)CCCSc1ccc(Cl)cc1. The number of benzene rings is 2. The molecule has 0 bridgehead atoms. The zero-order valence-corrected chi connectivity index (χ0v) is 17.9. The summed E-state index contributed by atoms with van der Waals surface area (Å²) in [6.07, 6.45) is 1.92. The van der Waals surface area contributed by atoms with Gasteiger partial charge in [0.15, 0.2) is 0 Å². The van der Waals surface area contributed by atoms with Gasteiger partial charge in [0.05, 0.1) is 0 Å². The Morgan fingerprint density at radius 1 is 1.11 bits per heavy atom. The summed E-state index contributed by atoms with van der Waals surface area (Å²) in [7, 11) is 1.60. The number of hydrogen-bond donors (Lipinski definition) is 1. The van der Waals surface area contributed by atoms with E-state index in [9.17, 15) is 9.59 Å². The first-order valence-corrected chi connectivity index (χ1v) is 10.8. The molecule has 0 saturated carbocycles. The summed E-state index contributed by atoms with van der Waals surface area (Å²) in [5, 5.41) is 3.36. The fourth-order valence-corrected chi connectivity index (χ4v) is 3.85.